The SMILES string of the molecule is CC(C)N(C)C1CCC(N2CC[C@H](Nc3ncnc4ccc(C(F)(F)F)cc34)C2=O)[C@H](N[C@H]2CC[C@@H](C(=O)NCCOCCOCCOCCOCCNC(=O)[C@H]3CC(=O)N(C)[C@@H]3c3cccnc3)CC2)C1. The molecule has 0 bridgehead atoms. The Balaban J connectivity index is 0.737. The average molecular weight is 1010 g/mol. The molecule has 3 aromatic rings. The molecule has 7 rings (SSSR count). The van der Waals surface area contributed by atoms with Crippen LogP contribution in [0.25, 0.3) is 10.9 Å². The van der Waals surface area contributed by atoms with Gasteiger partial charge in [-0.15, -0.1) is 0 Å². The van der Waals surface area contributed by atoms with Crippen molar-refractivity contribution in [2.45, 2.75) is 120 Å². The second-order valence-electron chi connectivity index (χ2n) is 19.7. The summed E-state index contributed by atoms with van der Waals surface area (Å²) in [5.74, 6) is -0.666. The summed E-state index contributed by atoms with van der Waals surface area (Å²) in [6, 6.07) is 6.96. The molecule has 21 heteroatoms. The van der Waals surface area contributed by atoms with Crippen LogP contribution >= 0.6 is 0 Å². The van der Waals surface area contributed by atoms with Crippen LogP contribution in [0.4, 0.5) is 19.0 Å². The zero-order chi connectivity index (χ0) is 51.2. The van der Waals surface area contributed by atoms with Crippen LogP contribution in [-0.2, 0) is 44.3 Å². The molecule has 2 saturated carbocycles. The lowest BCUT2D eigenvalue weighted by atomic mass is 9.81. The Hall–Kier alpha value is -5.06. The number of aromatic nitrogens is 3. The van der Waals surface area contributed by atoms with Crippen molar-refractivity contribution in [3.8, 4) is 0 Å². The van der Waals surface area contributed by atoms with Gasteiger partial charge in [0.05, 0.1) is 75.9 Å². The third kappa shape index (κ3) is 14.6. The number of amides is 4. The molecule has 0 spiro atoms. The first-order valence-corrected chi connectivity index (χ1v) is 25.6. The number of halogens is 3. The molecule has 18 nitrogen and oxygen atoms in total. The highest BCUT2D eigenvalue weighted by Gasteiger charge is 2.45. The second kappa shape index (κ2) is 26.2. The number of nitrogens with zero attached hydrogens (tertiary/aromatic N) is 6. The predicted octanol–water partition coefficient (Wildman–Crippen LogP) is 4.35. The first kappa shape index (κ1) is 54.7. The molecule has 2 saturated heterocycles. The van der Waals surface area contributed by atoms with Crippen LogP contribution in [-0.4, -0.2) is 176 Å². The van der Waals surface area contributed by atoms with Crippen LogP contribution in [0.5, 0.6) is 0 Å². The molecular formula is C51H73F3N10O8. The highest BCUT2D eigenvalue weighted by Crippen LogP contribution is 2.38. The number of benzene rings is 1. The van der Waals surface area contributed by atoms with Gasteiger partial charge in [0, 0.05) is 87.0 Å². The van der Waals surface area contributed by atoms with E-state index in [2.05, 4.69) is 62.0 Å². The van der Waals surface area contributed by atoms with Gasteiger partial charge in [0.2, 0.25) is 23.6 Å². The first-order chi connectivity index (χ1) is 34.7. The maximum atomic E-state index is 14.1. The van der Waals surface area contributed by atoms with Crippen molar-refractivity contribution in [2.75, 3.05) is 91.9 Å². The lowest BCUT2D eigenvalue weighted by molar-refractivity contribution is -0.137. The van der Waals surface area contributed by atoms with Crippen LogP contribution in [0.3, 0.4) is 0 Å². The van der Waals surface area contributed by atoms with Crippen molar-refractivity contribution in [3.63, 3.8) is 0 Å². The zero-order valence-corrected chi connectivity index (χ0v) is 42.0. The molecule has 0 radical (unpaired) electrons. The summed E-state index contributed by atoms with van der Waals surface area (Å²) in [6.45, 7) is 8.64. The van der Waals surface area contributed by atoms with E-state index in [1.54, 1.807) is 30.4 Å². The summed E-state index contributed by atoms with van der Waals surface area (Å²) in [4.78, 5) is 71.0. The van der Waals surface area contributed by atoms with E-state index in [1.807, 2.05) is 11.0 Å². The van der Waals surface area contributed by atoms with E-state index in [-0.39, 0.29) is 71.3 Å². The molecule has 4 N–H and O–H groups in total. The normalized spacial score (nSPS) is 25.0. The number of likely N-dealkylation sites (tertiary alicyclic amines) is 2. The largest absolute Gasteiger partial charge is 0.416 e. The van der Waals surface area contributed by atoms with E-state index in [0.717, 1.165) is 62.6 Å². The standard InChI is InChI=1S/C51H73F3N10O8/c1-33(2)62(3)38-12-14-44(64-19-15-42(50(64)68)61-47-39-28-36(51(52,53)54)9-13-41(39)58-32-59-47)43(29-38)60-37-10-7-34(8-11-37)48(66)56-17-20-69-22-24-71-26-27-72-25-23-70-21-18-57-49(67)40-30-45(65)63(4)46(40)35-6-5-16-55-31-35/h5-6,9,13,16,28,31-34,37-38,40,42-44,46,60H,7-8,10-12,14-15,17-27,29-30H2,1-4H3,(H,56,66)(H,57,67)(H,58,59,61)/t34-,37+,38?,40-,42-,43+,44?,46+/m0/s1. The van der Waals surface area contributed by atoms with Crippen LogP contribution in [0, 0.1) is 11.8 Å². The minimum atomic E-state index is -4.52. The van der Waals surface area contributed by atoms with Crippen molar-refractivity contribution in [1.29, 1.82) is 0 Å². The monoisotopic (exact) mass is 1010 g/mol. The Morgan fingerprint density at radius 1 is 0.847 bits per heavy atom. The van der Waals surface area contributed by atoms with Gasteiger partial charge in [-0.25, -0.2) is 9.97 Å². The lowest BCUT2D eigenvalue weighted by Crippen LogP contribution is -2.59. The molecule has 4 fully saturated rings. The Kier molecular flexibility index (Phi) is 19.9. The minimum Gasteiger partial charge on any atom is -0.377 e. The van der Waals surface area contributed by atoms with E-state index in [9.17, 15) is 32.3 Å². The number of ether oxygens (including phenoxy) is 4. The van der Waals surface area contributed by atoms with E-state index >= 15 is 0 Å². The number of fused-ring (bicyclic) bond motifs is 1. The summed E-state index contributed by atoms with van der Waals surface area (Å²) in [5.41, 5.74) is 0.395. The van der Waals surface area contributed by atoms with Gasteiger partial charge in [-0.1, -0.05) is 6.07 Å². The van der Waals surface area contributed by atoms with Crippen LogP contribution < -0.4 is 21.3 Å². The molecule has 2 aliphatic carbocycles. The predicted molar refractivity (Wildman–Crippen MR) is 262 cm³/mol. The van der Waals surface area contributed by atoms with Crippen molar-refractivity contribution in [3.05, 3.63) is 60.2 Å². The average Bonchev–Trinajstić information content (AvgIpc) is 3.89. The van der Waals surface area contributed by atoms with Gasteiger partial charge < -0.3 is 54.9 Å². The Morgan fingerprint density at radius 2 is 1.51 bits per heavy atom. The second-order valence-corrected chi connectivity index (χ2v) is 19.7. The molecule has 396 valence electrons. The van der Waals surface area contributed by atoms with Crippen molar-refractivity contribution < 1.29 is 51.3 Å². The fraction of sp³-hybridized carbons (Fsp3) is 0.667. The van der Waals surface area contributed by atoms with E-state index in [0.29, 0.717) is 96.5 Å². The number of rotatable bonds is 25. The molecule has 2 unspecified atom stereocenters. The molecule has 4 amide bonds. The highest BCUT2D eigenvalue weighted by atomic mass is 19.4. The number of anilines is 1. The Bertz CT molecular complexity index is 2240. The third-order valence-electron chi connectivity index (χ3n) is 14.8. The summed E-state index contributed by atoms with van der Waals surface area (Å²) < 4.78 is 63.2. The zero-order valence-electron chi connectivity index (χ0n) is 42.0. The smallest absolute Gasteiger partial charge is 0.377 e. The lowest BCUT2D eigenvalue weighted by Gasteiger charge is -2.46. The number of hydrogen-bond donors (Lipinski definition) is 4. The number of alkyl halides is 3. The number of nitrogens with one attached hydrogen (secondary N) is 4. The summed E-state index contributed by atoms with van der Waals surface area (Å²) in [5, 5.41) is 13.3. The molecule has 4 heterocycles. The molecule has 2 aromatic heterocycles. The molecule has 6 atom stereocenters. The number of carbonyl (C=O) groups excluding carboxylic acids is 4. The summed E-state index contributed by atoms with van der Waals surface area (Å²) in [6.07, 6.45) is 6.61. The van der Waals surface area contributed by atoms with E-state index in [4.69, 9.17) is 18.9 Å². The molecule has 4 aliphatic rings. The number of carbonyl (C=O) groups is 4. The van der Waals surface area contributed by atoms with Gasteiger partial charge in [-0.2, -0.15) is 13.2 Å². The minimum absolute atomic E-state index is 0.0328. The maximum absolute atomic E-state index is 14.1. The van der Waals surface area contributed by atoms with Gasteiger partial charge >= 0.3 is 6.18 Å². The van der Waals surface area contributed by atoms with Crippen LogP contribution in [0.15, 0.2) is 49.1 Å². The van der Waals surface area contributed by atoms with E-state index < -0.39 is 23.7 Å². The topological polar surface area (TPSA) is 202 Å². The van der Waals surface area contributed by atoms with Crippen molar-refractivity contribution >= 4 is 40.3 Å². The van der Waals surface area contributed by atoms with Gasteiger partial charge in [-0.3, -0.25) is 24.2 Å². The molecule has 2 aliphatic heterocycles. The fourth-order valence-electron chi connectivity index (χ4n) is 10.6. The van der Waals surface area contributed by atoms with Gasteiger partial charge in [0.25, 0.3) is 0 Å². The summed E-state index contributed by atoms with van der Waals surface area (Å²) in [7, 11) is 3.86. The van der Waals surface area contributed by atoms with Gasteiger partial charge in [-0.05, 0) is 102 Å². The third-order valence-corrected chi connectivity index (χ3v) is 14.8. The van der Waals surface area contributed by atoms with Gasteiger partial charge in [0.15, 0.2) is 0 Å². The molecular weight excluding hydrogens is 938 g/mol. The van der Waals surface area contributed by atoms with E-state index in [1.165, 1.54) is 12.4 Å². The fourth-order valence-corrected chi connectivity index (χ4v) is 10.6. The Morgan fingerprint density at radius 3 is 2.15 bits per heavy atom. The van der Waals surface area contributed by atoms with Crippen molar-refractivity contribution in [1.82, 2.24) is 45.6 Å². The highest BCUT2D eigenvalue weighted by molar-refractivity contribution is 5.93. The Labute approximate surface area is 420 Å². The van der Waals surface area contributed by atoms with Crippen LogP contribution in [0.1, 0.15) is 88.8 Å². The van der Waals surface area contributed by atoms with Crippen molar-refractivity contribution in [2.24, 2.45) is 11.8 Å². The number of pyridine rings is 1. The molecule has 72 heavy (non-hydrogen) atoms. The quantitative estimate of drug-likeness (QED) is 0.0873. The first-order valence-electron chi connectivity index (χ1n) is 25.6. The maximum Gasteiger partial charge on any atom is 0.416 e. The van der Waals surface area contributed by atoms with Crippen LogP contribution in [0.2, 0.25) is 0 Å². The molecule has 1 aromatic carbocycles. The summed E-state index contributed by atoms with van der Waals surface area (Å²) >= 11 is 0. The number of hydrogen-bond acceptors (Lipinski definition) is 14. The van der Waals surface area contributed by atoms with Gasteiger partial charge in [0.1, 0.15) is 18.2 Å².